The van der Waals surface area contributed by atoms with Gasteiger partial charge in [0.05, 0.1) is 10.2 Å². The average molecular weight is 354 g/mol. The topological polar surface area (TPSA) is 36.4 Å². The molecule has 4 nitrogen and oxygen atoms in total. The fourth-order valence-electron chi connectivity index (χ4n) is 2.97. The number of para-hydroxylation sites is 1. The minimum absolute atomic E-state index is 0. The fraction of sp³-hybridized carbons (Fsp3) is 0.529. The Labute approximate surface area is 147 Å². The lowest BCUT2D eigenvalue weighted by molar-refractivity contribution is -0.122. The largest absolute Gasteiger partial charge is 0.308 e. The van der Waals surface area contributed by atoms with Crippen LogP contribution in [0.15, 0.2) is 24.3 Å². The second kappa shape index (κ2) is 8.08. The Morgan fingerprint density at radius 2 is 1.91 bits per heavy atom. The second-order valence-electron chi connectivity index (χ2n) is 6.24. The third kappa shape index (κ3) is 4.22. The molecule has 0 atom stereocenters. The molecule has 1 saturated carbocycles. The molecule has 1 aromatic carbocycles. The number of carbonyl (C=O) groups excluding carboxylic acids is 1. The number of likely N-dealkylation sites (N-methyl/N-ethyl adjacent to an activating group) is 1. The van der Waals surface area contributed by atoms with Crippen molar-refractivity contribution in [1.29, 1.82) is 0 Å². The second-order valence-corrected chi connectivity index (χ2v) is 7.25. The summed E-state index contributed by atoms with van der Waals surface area (Å²) in [7, 11) is 4.08. The van der Waals surface area contributed by atoms with Gasteiger partial charge in [0.25, 0.3) is 0 Å². The van der Waals surface area contributed by atoms with E-state index in [1.165, 1.54) is 12.8 Å². The quantitative estimate of drug-likeness (QED) is 0.820. The van der Waals surface area contributed by atoms with Gasteiger partial charge in [0.2, 0.25) is 5.91 Å². The van der Waals surface area contributed by atoms with Crippen LogP contribution < -0.4 is 4.90 Å². The molecule has 23 heavy (non-hydrogen) atoms. The Balaban J connectivity index is 0.00000192. The zero-order chi connectivity index (χ0) is 15.5. The number of carbonyl (C=O) groups is 1. The van der Waals surface area contributed by atoms with Crippen LogP contribution >= 0.6 is 23.7 Å². The van der Waals surface area contributed by atoms with Crippen LogP contribution in [0.5, 0.6) is 0 Å². The number of anilines is 1. The van der Waals surface area contributed by atoms with Crippen LogP contribution in [-0.4, -0.2) is 43.0 Å². The molecule has 0 unspecified atom stereocenters. The molecule has 0 N–H and O–H groups in total. The third-order valence-electron chi connectivity index (χ3n) is 4.25. The van der Waals surface area contributed by atoms with Gasteiger partial charge in [0.1, 0.15) is 0 Å². The first-order chi connectivity index (χ1) is 10.6. The molecule has 2 aromatic rings. The molecule has 3 rings (SSSR count). The summed E-state index contributed by atoms with van der Waals surface area (Å²) in [5, 5.41) is 0.847. The normalized spacial score (nSPS) is 15.1. The van der Waals surface area contributed by atoms with E-state index < -0.39 is 0 Å². The fourth-order valence-corrected chi connectivity index (χ4v) is 3.97. The van der Waals surface area contributed by atoms with Crippen LogP contribution in [0.1, 0.15) is 25.7 Å². The van der Waals surface area contributed by atoms with Gasteiger partial charge in [-0.3, -0.25) is 9.69 Å². The number of hydrogen-bond donors (Lipinski definition) is 0. The van der Waals surface area contributed by atoms with Crippen molar-refractivity contribution in [2.45, 2.75) is 25.7 Å². The third-order valence-corrected chi connectivity index (χ3v) is 5.31. The molecule has 0 aliphatic heterocycles. The van der Waals surface area contributed by atoms with Crippen molar-refractivity contribution < 1.29 is 4.79 Å². The van der Waals surface area contributed by atoms with E-state index in [-0.39, 0.29) is 24.2 Å². The predicted molar refractivity (Wildman–Crippen MR) is 99.7 cm³/mol. The van der Waals surface area contributed by atoms with E-state index in [4.69, 9.17) is 0 Å². The van der Waals surface area contributed by atoms with Gasteiger partial charge in [-0.15, -0.1) is 12.4 Å². The van der Waals surface area contributed by atoms with Crippen molar-refractivity contribution in [3.63, 3.8) is 0 Å². The smallest absolute Gasteiger partial charge is 0.231 e. The molecule has 1 aromatic heterocycles. The van der Waals surface area contributed by atoms with Crippen molar-refractivity contribution in [3.05, 3.63) is 24.3 Å². The summed E-state index contributed by atoms with van der Waals surface area (Å²) in [6, 6.07) is 8.10. The Hall–Kier alpha value is -1.17. The summed E-state index contributed by atoms with van der Waals surface area (Å²) >= 11 is 1.62. The van der Waals surface area contributed by atoms with Gasteiger partial charge in [-0.1, -0.05) is 36.3 Å². The minimum Gasteiger partial charge on any atom is -0.308 e. The molecular weight excluding hydrogens is 330 g/mol. The molecule has 126 valence electrons. The maximum atomic E-state index is 12.9. The molecule has 0 bridgehead atoms. The van der Waals surface area contributed by atoms with Gasteiger partial charge in [0, 0.05) is 19.0 Å². The highest BCUT2D eigenvalue weighted by atomic mass is 35.5. The number of halogens is 1. The monoisotopic (exact) mass is 353 g/mol. The zero-order valence-electron chi connectivity index (χ0n) is 13.7. The first-order valence-electron chi connectivity index (χ1n) is 7.97. The number of rotatable bonds is 5. The summed E-state index contributed by atoms with van der Waals surface area (Å²) in [4.78, 5) is 21.6. The molecule has 1 aliphatic rings. The standard InChI is InChI=1S/C17H23N3OS.ClH/c1-19(2)11-12-20(16(21)13-7-3-4-8-13)17-18-14-9-5-6-10-15(14)22-17;/h5-6,9-10,13H,3-4,7-8,11-12H2,1-2H3;1H. The Kier molecular flexibility index (Phi) is 6.39. The minimum atomic E-state index is 0. The van der Waals surface area contributed by atoms with Crippen LogP contribution in [-0.2, 0) is 4.79 Å². The first kappa shape index (κ1) is 18.2. The molecule has 0 radical (unpaired) electrons. The SMILES string of the molecule is CN(C)CCN(C(=O)C1CCCC1)c1nc2ccccc2s1.Cl. The van der Waals surface area contributed by atoms with Crippen molar-refractivity contribution in [3.8, 4) is 0 Å². The van der Waals surface area contributed by atoms with Crippen LogP contribution in [0.3, 0.4) is 0 Å². The van der Waals surface area contributed by atoms with E-state index in [1.54, 1.807) is 11.3 Å². The Morgan fingerprint density at radius 3 is 2.57 bits per heavy atom. The maximum absolute atomic E-state index is 12.9. The lowest BCUT2D eigenvalue weighted by Gasteiger charge is -2.24. The summed E-state index contributed by atoms with van der Waals surface area (Å²) in [5.74, 6) is 0.451. The summed E-state index contributed by atoms with van der Waals surface area (Å²) in [5.41, 5.74) is 0.983. The van der Waals surface area contributed by atoms with Gasteiger partial charge < -0.3 is 4.90 Å². The molecule has 0 spiro atoms. The van der Waals surface area contributed by atoms with E-state index in [2.05, 4.69) is 16.0 Å². The summed E-state index contributed by atoms with van der Waals surface area (Å²) in [6.45, 7) is 1.57. The number of benzene rings is 1. The molecular formula is C17H24ClN3OS. The van der Waals surface area contributed by atoms with E-state index in [0.29, 0.717) is 6.54 Å². The van der Waals surface area contributed by atoms with Gasteiger partial charge in [0.15, 0.2) is 5.13 Å². The first-order valence-corrected chi connectivity index (χ1v) is 8.78. The Bertz CT molecular complexity index is 619. The zero-order valence-corrected chi connectivity index (χ0v) is 15.3. The average Bonchev–Trinajstić information content (AvgIpc) is 3.16. The molecule has 1 aliphatic carbocycles. The van der Waals surface area contributed by atoms with Crippen LogP contribution in [0.25, 0.3) is 10.2 Å². The van der Waals surface area contributed by atoms with Crippen molar-refractivity contribution in [1.82, 2.24) is 9.88 Å². The number of nitrogens with zero attached hydrogens (tertiary/aromatic N) is 3. The summed E-state index contributed by atoms with van der Waals surface area (Å²) < 4.78 is 1.14. The maximum Gasteiger partial charge on any atom is 0.231 e. The van der Waals surface area contributed by atoms with Crippen LogP contribution in [0.2, 0.25) is 0 Å². The van der Waals surface area contributed by atoms with E-state index in [1.807, 2.05) is 37.2 Å². The van der Waals surface area contributed by atoms with Gasteiger partial charge >= 0.3 is 0 Å². The van der Waals surface area contributed by atoms with E-state index >= 15 is 0 Å². The number of thiazole rings is 1. The van der Waals surface area contributed by atoms with Crippen molar-refractivity contribution >= 4 is 45.0 Å². The van der Waals surface area contributed by atoms with Gasteiger partial charge in [-0.25, -0.2) is 4.98 Å². The molecule has 1 amide bonds. The highest BCUT2D eigenvalue weighted by Crippen LogP contribution is 2.32. The molecule has 0 saturated heterocycles. The number of aromatic nitrogens is 1. The number of fused-ring (bicyclic) bond motifs is 1. The van der Waals surface area contributed by atoms with E-state index in [9.17, 15) is 4.79 Å². The van der Waals surface area contributed by atoms with Crippen LogP contribution in [0, 0.1) is 5.92 Å². The predicted octanol–water partition coefficient (Wildman–Crippen LogP) is 3.80. The van der Waals surface area contributed by atoms with Crippen molar-refractivity contribution in [2.75, 3.05) is 32.1 Å². The van der Waals surface area contributed by atoms with Crippen LogP contribution in [0.4, 0.5) is 5.13 Å². The highest BCUT2D eigenvalue weighted by molar-refractivity contribution is 7.22. The summed E-state index contributed by atoms with van der Waals surface area (Å²) in [6.07, 6.45) is 4.42. The lowest BCUT2D eigenvalue weighted by Crippen LogP contribution is -2.39. The highest BCUT2D eigenvalue weighted by Gasteiger charge is 2.29. The lowest BCUT2D eigenvalue weighted by atomic mass is 10.1. The Morgan fingerprint density at radius 1 is 1.22 bits per heavy atom. The van der Waals surface area contributed by atoms with Gasteiger partial charge in [-0.2, -0.15) is 0 Å². The van der Waals surface area contributed by atoms with Crippen molar-refractivity contribution in [2.24, 2.45) is 5.92 Å². The molecule has 6 heteroatoms. The molecule has 1 heterocycles. The number of amides is 1. The van der Waals surface area contributed by atoms with E-state index in [0.717, 1.165) is 34.7 Å². The molecule has 1 fully saturated rings. The number of hydrogen-bond acceptors (Lipinski definition) is 4. The van der Waals surface area contributed by atoms with Gasteiger partial charge in [-0.05, 0) is 39.1 Å².